The number of aromatic nitrogens is 3. The normalized spacial score (nSPS) is 16.0. The number of piperidine rings is 1. The Morgan fingerprint density at radius 3 is 2.72 bits per heavy atom. The van der Waals surface area contributed by atoms with Crippen LogP contribution in [-0.4, -0.2) is 46.2 Å². The maximum absolute atomic E-state index is 12.6. The minimum atomic E-state index is -0.502. The molecule has 2 aromatic rings. The van der Waals surface area contributed by atoms with Crippen molar-refractivity contribution in [2.75, 3.05) is 30.3 Å². The molecule has 0 spiro atoms. The standard InChI is InChI=1S/C19H25ClN6O2S/c1-4-28-18(27)14-16(26-9-6-19(3,22)7-10-26)24-11(2)17(25-14)29-12-5-8-23-15(21)13(12)20/h5,8H,4,6-7,9-10,22H2,1-3H3,(H2,21,23). The van der Waals surface area contributed by atoms with Crippen molar-refractivity contribution in [1.82, 2.24) is 15.0 Å². The third-order valence-corrected chi connectivity index (χ3v) is 6.42. The van der Waals surface area contributed by atoms with E-state index in [-0.39, 0.29) is 23.7 Å². The second-order valence-electron chi connectivity index (χ2n) is 7.26. The summed E-state index contributed by atoms with van der Waals surface area (Å²) in [5.41, 5.74) is 12.7. The van der Waals surface area contributed by atoms with E-state index in [1.807, 2.05) is 18.7 Å². The fourth-order valence-corrected chi connectivity index (χ4v) is 4.09. The zero-order chi connectivity index (χ0) is 21.2. The van der Waals surface area contributed by atoms with E-state index in [1.165, 1.54) is 11.8 Å². The van der Waals surface area contributed by atoms with Crippen LogP contribution in [0.4, 0.5) is 11.6 Å². The number of hydrogen-bond acceptors (Lipinski definition) is 9. The van der Waals surface area contributed by atoms with Gasteiger partial charge in [0, 0.05) is 29.7 Å². The van der Waals surface area contributed by atoms with Gasteiger partial charge in [-0.3, -0.25) is 0 Å². The second-order valence-corrected chi connectivity index (χ2v) is 8.67. The van der Waals surface area contributed by atoms with Gasteiger partial charge in [0.15, 0.2) is 11.5 Å². The predicted molar refractivity (Wildman–Crippen MR) is 115 cm³/mol. The van der Waals surface area contributed by atoms with Gasteiger partial charge in [-0.2, -0.15) is 0 Å². The predicted octanol–water partition coefficient (Wildman–Crippen LogP) is 3.06. The van der Waals surface area contributed by atoms with Gasteiger partial charge in [0.05, 0.1) is 17.3 Å². The Hall–Kier alpha value is -2.10. The molecule has 0 amide bonds. The van der Waals surface area contributed by atoms with Gasteiger partial charge in [0.25, 0.3) is 0 Å². The molecule has 156 valence electrons. The Morgan fingerprint density at radius 1 is 1.38 bits per heavy atom. The van der Waals surface area contributed by atoms with Crippen LogP contribution in [0, 0.1) is 6.92 Å². The molecule has 0 saturated carbocycles. The summed E-state index contributed by atoms with van der Waals surface area (Å²) in [7, 11) is 0. The van der Waals surface area contributed by atoms with Crippen molar-refractivity contribution in [3.8, 4) is 0 Å². The number of esters is 1. The summed E-state index contributed by atoms with van der Waals surface area (Å²) < 4.78 is 5.23. The zero-order valence-electron chi connectivity index (χ0n) is 16.7. The number of carbonyl (C=O) groups excluding carboxylic acids is 1. The molecular weight excluding hydrogens is 412 g/mol. The number of aryl methyl sites for hydroxylation is 1. The number of ether oxygens (including phenoxy) is 1. The van der Waals surface area contributed by atoms with Gasteiger partial charge in [-0.1, -0.05) is 23.4 Å². The van der Waals surface area contributed by atoms with Crippen LogP contribution in [0.5, 0.6) is 0 Å². The Labute approximate surface area is 179 Å². The number of hydrogen-bond donors (Lipinski definition) is 2. The molecule has 1 aliphatic heterocycles. The minimum Gasteiger partial charge on any atom is -0.461 e. The third-order valence-electron chi connectivity index (χ3n) is 4.77. The van der Waals surface area contributed by atoms with Crippen LogP contribution in [-0.2, 0) is 4.74 Å². The van der Waals surface area contributed by atoms with Crippen molar-refractivity contribution in [1.29, 1.82) is 0 Å². The highest BCUT2D eigenvalue weighted by Crippen LogP contribution is 2.37. The summed E-state index contributed by atoms with van der Waals surface area (Å²) in [5.74, 6) is 0.266. The molecule has 1 aliphatic rings. The Kier molecular flexibility index (Phi) is 6.50. The van der Waals surface area contributed by atoms with Crippen LogP contribution in [0.3, 0.4) is 0 Å². The summed E-state index contributed by atoms with van der Waals surface area (Å²) in [6.45, 7) is 7.30. The Bertz CT molecular complexity index is 914. The van der Waals surface area contributed by atoms with Crippen LogP contribution in [0.15, 0.2) is 22.2 Å². The molecule has 4 N–H and O–H groups in total. The fourth-order valence-electron chi connectivity index (χ4n) is 3.00. The zero-order valence-corrected chi connectivity index (χ0v) is 18.3. The molecule has 0 aliphatic carbocycles. The molecule has 0 aromatic carbocycles. The molecule has 1 fully saturated rings. The lowest BCUT2D eigenvalue weighted by Gasteiger charge is -2.37. The lowest BCUT2D eigenvalue weighted by molar-refractivity contribution is 0.0518. The average Bonchev–Trinajstić information content (AvgIpc) is 2.67. The fraction of sp³-hybridized carbons (Fsp3) is 0.474. The molecule has 0 unspecified atom stereocenters. The number of halogens is 1. The molecular formula is C19H25ClN6O2S. The van der Waals surface area contributed by atoms with E-state index in [4.69, 9.17) is 32.8 Å². The largest absolute Gasteiger partial charge is 0.461 e. The highest BCUT2D eigenvalue weighted by Gasteiger charge is 2.30. The Morgan fingerprint density at radius 2 is 2.07 bits per heavy atom. The number of nitrogen functional groups attached to an aromatic ring is 1. The third kappa shape index (κ3) is 4.91. The summed E-state index contributed by atoms with van der Waals surface area (Å²) in [6.07, 6.45) is 3.18. The summed E-state index contributed by atoms with van der Waals surface area (Å²) in [4.78, 5) is 28.6. The molecule has 1 saturated heterocycles. The first-order chi connectivity index (χ1) is 13.7. The van der Waals surface area contributed by atoms with Crippen molar-refractivity contribution in [3.63, 3.8) is 0 Å². The van der Waals surface area contributed by atoms with E-state index in [1.54, 1.807) is 19.2 Å². The molecule has 3 heterocycles. The Balaban J connectivity index is 1.98. The lowest BCUT2D eigenvalue weighted by atomic mass is 9.91. The quantitative estimate of drug-likeness (QED) is 0.681. The van der Waals surface area contributed by atoms with Crippen molar-refractivity contribution >= 4 is 41.0 Å². The number of rotatable bonds is 5. The van der Waals surface area contributed by atoms with Gasteiger partial charge in [0.1, 0.15) is 10.8 Å². The van der Waals surface area contributed by atoms with Gasteiger partial charge in [-0.15, -0.1) is 0 Å². The van der Waals surface area contributed by atoms with Crippen LogP contribution >= 0.6 is 23.4 Å². The monoisotopic (exact) mass is 436 g/mol. The minimum absolute atomic E-state index is 0.193. The second kappa shape index (κ2) is 8.73. The number of nitrogens with zero attached hydrogens (tertiary/aromatic N) is 4. The average molecular weight is 437 g/mol. The van der Waals surface area contributed by atoms with Crippen LogP contribution in [0.2, 0.25) is 5.02 Å². The van der Waals surface area contributed by atoms with Crippen LogP contribution < -0.4 is 16.4 Å². The topological polar surface area (TPSA) is 120 Å². The van der Waals surface area contributed by atoms with Gasteiger partial charge < -0.3 is 21.1 Å². The van der Waals surface area contributed by atoms with Crippen molar-refractivity contribution in [3.05, 3.63) is 28.7 Å². The van der Waals surface area contributed by atoms with E-state index < -0.39 is 5.97 Å². The van der Waals surface area contributed by atoms with Crippen LogP contribution in [0.1, 0.15) is 42.9 Å². The summed E-state index contributed by atoms with van der Waals surface area (Å²) in [6, 6.07) is 1.75. The summed E-state index contributed by atoms with van der Waals surface area (Å²) >= 11 is 7.55. The van der Waals surface area contributed by atoms with Crippen LogP contribution in [0.25, 0.3) is 0 Å². The first-order valence-corrected chi connectivity index (χ1v) is 10.6. The highest BCUT2D eigenvalue weighted by molar-refractivity contribution is 7.99. The van der Waals surface area contributed by atoms with E-state index in [2.05, 4.69) is 9.97 Å². The SMILES string of the molecule is CCOC(=O)c1nc(Sc2ccnc(N)c2Cl)c(C)nc1N1CCC(C)(N)CC1. The van der Waals surface area contributed by atoms with E-state index >= 15 is 0 Å². The molecule has 29 heavy (non-hydrogen) atoms. The molecule has 0 radical (unpaired) electrons. The summed E-state index contributed by atoms with van der Waals surface area (Å²) in [5, 5.41) is 0.906. The first kappa shape index (κ1) is 21.6. The van der Waals surface area contributed by atoms with E-state index in [0.717, 1.165) is 12.8 Å². The maximum atomic E-state index is 12.6. The highest BCUT2D eigenvalue weighted by atomic mass is 35.5. The molecule has 8 nitrogen and oxygen atoms in total. The molecule has 0 atom stereocenters. The van der Waals surface area contributed by atoms with Crippen molar-refractivity contribution in [2.24, 2.45) is 5.73 Å². The van der Waals surface area contributed by atoms with E-state index in [0.29, 0.717) is 39.5 Å². The lowest BCUT2D eigenvalue weighted by Crippen LogP contribution is -2.48. The van der Waals surface area contributed by atoms with E-state index in [9.17, 15) is 4.79 Å². The van der Waals surface area contributed by atoms with Gasteiger partial charge in [-0.25, -0.2) is 19.7 Å². The number of pyridine rings is 1. The molecule has 10 heteroatoms. The van der Waals surface area contributed by atoms with Gasteiger partial charge in [-0.05, 0) is 39.7 Å². The number of nitrogens with two attached hydrogens (primary N) is 2. The van der Waals surface area contributed by atoms with Crippen molar-refractivity contribution < 1.29 is 9.53 Å². The maximum Gasteiger partial charge on any atom is 0.360 e. The van der Waals surface area contributed by atoms with Gasteiger partial charge >= 0.3 is 5.97 Å². The number of carbonyl (C=O) groups is 1. The van der Waals surface area contributed by atoms with Gasteiger partial charge in [0.2, 0.25) is 0 Å². The molecule has 3 rings (SSSR count). The van der Waals surface area contributed by atoms with Crippen molar-refractivity contribution in [2.45, 2.75) is 49.1 Å². The smallest absolute Gasteiger partial charge is 0.360 e. The molecule has 2 aromatic heterocycles. The first-order valence-electron chi connectivity index (χ1n) is 9.39. The molecule has 0 bridgehead atoms. The number of anilines is 2.